The fourth-order valence-electron chi connectivity index (χ4n) is 0.699. The Labute approximate surface area is 82.6 Å². The van der Waals surface area contributed by atoms with E-state index in [9.17, 15) is 9.59 Å². The van der Waals surface area contributed by atoms with E-state index in [0.29, 0.717) is 12.7 Å². The molecule has 0 aliphatic carbocycles. The third-order valence-corrected chi connectivity index (χ3v) is 1.44. The maximum atomic E-state index is 10.8. The summed E-state index contributed by atoms with van der Waals surface area (Å²) >= 11 is 0. The second kappa shape index (κ2) is 8.61. The van der Waals surface area contributed by atoms with Crippen LogP contribution in [-0.2, 0) is 14.4 Å². The van der Waals surface area contributed by atoms with Crippen LogP contribution in [0.1, 0.15) is 19.8 Å². The molecule has 6 nitrogen and oxygen atoms in total. The summed E-state index contributed by atoms with van der Waals surface area (Å²) in [5, 5.41) is 11.1. The van der Waals surface area contributed by atoms with Crippen LogP contribution in [0.2, 0.25) is 0 Å². The molecule has 0 saturated carbocycles. The number of aliphatic hydroxyl groups is 1. The van der Waals surface area contributed by atoms with Crippen molar-refractivity contribution in [2.45, 2.75) is 25.8 Å². The van der Waals surface area contributed by atoms with Crippen molar-refractivity contribution in [2.24, 2.45) is 0 Å². The molecule has 0 aromatic rings. The first kappa shape index (κ1) is 13.0. The first-order chi connectivity index (χ1) is 6.74. The highest BCUT2D eigenvalue weighted by Crippen LogP contribution is 1.84. The van der Waals surface area contributed by atoms with Gasteiger partial charge in [0.15, 0.2) is 0 Å². The van der Waals surface area contributed by atoms with E-state index in [0.717, 1.165) is 6.42 Å². The highest BCUT2D eigenvalue weighted by molar-refractivity contribution is 5.74. The first-order valence-electron chi connectivity index (χ1n) is 4.44. The summed E-state index contributed by atoms with van der Waals surface area (Å²) in [6.45, 7) is 1.57. The molecular weight excluding hydrogens is 188 g/mol. The Kier molecular flexibility index (Phi) is 8.01. The first-order valence-corrected chi connectivity index (χ1v) is 4.44. The average Bonchev–Trinajstić information content (AvgIpc) is 2.19. The van der Waals surface area contributed by atoms with E-state index in [2.05, 4.69) is 10.8 Å². The van der Waals surface area contributed by atoms with Gasteiger partial charge in [-0.1, -0.05) is 6.92 Å². The van der Waals surface area contributed by atoms with Gasteiger partial charge in [0.05, 0.1) is 12.6 Å². The van der Waals surface area contributed by atoms with Gasteiger partial charge in [-0.15, -0.1) is 0 Å². The van der Waals surface area contributed by atoms with Crippen molar-refractivity contribution in [3.05, 3.63) is 0 Å². The van der Waals surface area contributed by atoms with Crippen LogP contribution in [0.15, 0.2) is 0 Å². The molecule has 0 bridgehead atoms. The van der Waals surface area contributed by atoms with E-state index in [1.165, 1.54) is 0 Å². The molecule has 0 fully saturated rings. The predicted molar refractivity (Wildman–Crippen MR) is 49.1 cm³/mol. The van der Waals surface area contributed by atoms with E-state index in [4.69, 9.17) is 9.94 Å². The van der Waals surface area contributed by atoms with Gasteiger partial charge < -0.3 is 9.90 Å². The largest absolute Gasteiger partial charge is 0.394 e. The van der Waals surface area contributed by atoms with Crippen LogP contribution in [-0.4, -0.2) is 36.7 Å². The zero-order valence-corrected chi connectivity index (χ0v) is 8.16. The monoisotopic (exact) mass is 204 g/mol. The average molecular weight is 204 g/mol. The number of carbonyl (C=O) groups excluding carboxylic acids is 2. The second-order valence-corrected chi connectivity index (χ2v) is 2.69. The predicted octanol–water partition coefficient (Wildman–Crippen LogP) is -1.06. The lowest BCUT2D eigenvalue weighted by Crippen LogP contribution is -2.38. The molecule has 0 aromatic heterocycles. The Bertz CT molecular complexity index is 175. The van der Waals surface area contributed by atoms with Crippen LogP contribution in [0.25, 0.3) is 0 Å². The van der Waals surface area contributed by atoms with Gasteiger partial charge in [-0.3, -0.25) is 14.9 Å². The molecule has 0 rings (SSSR count). The Balaban J connectivity index is 3.36. The maximum Gasteiger partial charge on any atom is 0.243 e. The van der Waals surface area contributed by atoms with E-state index in [-0.39, 0.29) is 19.2 Å². The minimum Gasteiger partial charge on any atom is -0.394 e. The number of aldehydes is 1. The number of amides is 1. The van der Waals surface area contributed by atoms with Crippen molar-refractivity contribution >= 4 is 12.2 Å². The second-order valence-electron chi connectivity index (χ2n) is 2.69. The van der Waals surface area contributed by atoms with Gasteiger partial charge in [-0.2, -0.15) is 0 Å². The topological polar surface area (TPSA) is 87.7 Å². The fraction of sp³-hybridized carbons (Fsp3) is 0.750. The summed E-state index contributed by atoms with van der Waals surface area (Å²) in [6.07, 6.45) is 1.71. The molecule has 1 atom stereocenters. The minimum atomic E-state index is -0.655. The van der Waals surface area contributed by atoms with Gasteiger partial charge in [0.25, 0.3) is 0 Å². The molecule has 0 aromatic carbocycles. The minimum absolute atomic E-state index is 0.0145. The number of hydrogen-bond acceptors (Lipinski definition) is 5. The van der Waals surface area contributed by atoms with Gasteiger partial charge in [0.2, 0.25) is 5.91 Å². The highest BCUT2D eigenvalue weighted by Gasteiger charge is 2.03. The molecule has 0 heterocycles. The Morgan fingerprint density at radius 1 is 1.64 bits per heavy atom. The lowest BCUT2D eigenvalue weighted by Gasteiger charge is -2.09. The third-order valence-electron chi connectivity index (χ3n) is 1.44. The molecular formula is C8H16N2O4. The normalized spacial score (nSPS) is 12.1. The van der Waals surface area contributed by atoms with E-state index < -0.39 is 6.04 Å². The van der Waals surface area contributed by atoms with E-state index in [1.807, 2.05) is 6.92 Å². The lowest BCUT2D eigenvalue weighted by atomic mass is 10.3. The zero-order chi connectivity index (χ0) is 10.8. The van der Waals surface area contributed by atoms with Crippen LogP contribution < -0.4 is 10.8 Å². The van der Waals surface area contributed by atoms with Crippen molar-refractivity contribution in [1.29, 1.82) is 0 Å². The van der Waals surface area contributed by atoms with Crippen molar-refractivity contribution in [2.75, 3.05) is 13.3 Å². The number of carbonyl (C=O) groups is 2. The molecule has 14 heavy (non-hydrogen) atoms. The van der Waals surface area contributed by atoms with Crippen molar-refractivity contribution in [3.8, 4) is 0 Å². The third kappa shape index (κ3) is 6.53. The zero-order valence-electron chi connectivity index (χ0n) is 8.16. The summed E-state index contributed by atoms with van der Waals surface area (Å²) in [4.78, 5) is 25.7. The van der Waals surface area contributed by atoms with Crippen LogP contribution >= 0.6 is 0 Å². The SMILES string of the molecule is CCCC(=O)NOCN[C@H](C=O)CO. The molecule has 1 amide bonds. The maximum absolute atomic E-state index is 10.8. The standard InChI is InChI=1S/C8H16N2O4/c1-2-3-8(13)10-14-6-9-7(4-11)5-12/h4,7,9,12H,2-3,5-6H2,1H3,(H,10,13)/t7-/m1/s1. The van der Waals surface area contributed by atoms with Crippen LogP contribution in [0.5, 0.6) is 0 Å². The number of hydrogen-bond donors (Lipinski definition) is 3. The van der Waals surface area contributed by atoms with Gasteiger partial charge in [-0.25, -0.2) is 5.48 Å². The molecule has 0 spiro atoms. The van der Waals surface area contributed by atoms with Crippen molar-refractivity contribution in [3.63, 3.8) is 0 Å². The quantitative estimate of drug-likeness (QED) is 0.203. The van der Waals surface area contributed by atoms with E-state index in [1.54, 1.807) is 0 Å². The molecule has 6 heteroatoms. The lowest BCUT2D eigenvalue weighted by molar-refractivity contribution is -0.134. The summed E-state index contributed by atoms with van der Waals surface area (Å²) in [6, 6.07) is -0.655. The number of aliphatic hydroxyl groups excluding tert-OH is 1. The summed E-state index contributed by atoms with van der Waals surface area (Å²) in [7, 11) is 0. The highest BCUT2D eigenvalue weighted by atomic mass is 16.7. The summed E-state index contributed by atoms with van der Waals surface area (Å²) < 4.78 is 0. The number of rotatable bonds is 8. The van der Waals surface area contributed by atoms with E-state index >= 15 is 0 Å². The molecule has 0 unspecified atom stereocenters. The van der Waals surface area contributed by atoms with Crippen LogP contribution in [0, 0.1) is 0 Å². The molecule has 0 aliphatic heterocycles. The fourth-order valence-corrected chi connectivity index (χ4v) is 0.699. The Hall–Kier alpha value is -0.980. The van der Waals surface area contributed by atoms with Gasteiger partial charge in [-0.05, 0) is 6.42 Å². The number of hydroxylamine groups is 1. The number of nitrogens with one attached hydrogen (secondary N) is 2. The van der Waals surface area contributed by atoms with Crippen LogP contribution in [0.4, 0.5) is 0 Å². The molecule has 0 saturated heterocycles. The summed E-state index contributed by atoms with van der Waals surface area (Å²) in [5.74, 6) is -0.207. The van der Waals surface area contributed by atoms with Crippen molar-refractivity contribution < 1.29 is 19.5 Å². The van der Waals surface area contributed by atoms with Gasteiger partial charge in [0.1, 0.15) is 13.0 Å². The molecule has 0 radical (unpaired) electrons. The molecule has 0 aliphatic rings. The van der Waals surface area contributed by atoms with Gasteiger partial charge in [0, 0.05) is 6.42 Å². The van der Waals surface area contributed by atoms with Crippen LogP contribution in [0.3, 0.4) is 0 Å². The Morgan fingerprint density at radius 2 is 2.36 bits per heavy atom. The van der Waals surface area contributed by atoms with Crippen molar-refractivity contribution in [1.82, 2.24) is 10.8 Å². The molecule has 3 N–H and O–H groups in total. The van der Waals surface area contributed by atoms with Gasteiger partial charge >= 0.3 is 0 Å². The molecule has 82 valence electrons. The summed E-state index contributed by atoms with van der Waals surface area (Å²) in [5.41, 5.74) is 2.19. The Morgan fingerprint density at radius 3 is 2.86 bits per heavy atom. The smallest absolute Gasteiger partial charge is 0.243 e.